The molecule has 8 atom stereocenters. The maximum Gasteiger partial charge on any atom is 0.302 e. The van der Waals surface area contributed by atoms with E-state index in [1.54, 1.807) is 0 Å². The number of piperidine rings is 1. The zero-order chi connectivity index (χ0) is 19.6. The van der Waals surface area contributed by atoms with Gasteiger partial charge in [0.2, 0.25) is 5.91 Å². The minimum atomic E-state index is -0.147. The van der Waals surface area contributed by atoms with Gasteiger partial charge in [-0.25, -0.2) is 0 Å². The summed E-state index contributed by atoms with van der Waals surface area (Å²) < 4.78 is 5.49. The number of ether oxygens (including phenoxy) is 1. The van der Waals surface area contributed by atoms with Gasteiger partial charge in [-0.15, -0.1) is 0 Å². The summed E-state index contributed by atoms with van der Waals surface area (Å²) in [5, 5.41) is 0. The Morgan fingerprint density at radius 1 is 1.15 bits per heavy atom. The number of esters is 1. The van der Waals surface area contributed by atoms with Crippen molar-refractivity contribution in [3.8, 4) is 0 Å². The van der Waals surface area contributed by atoms with Gasteiger partial charge in [0.1, 0.15) is 0 Å². The Morgan fingerprint density at radius 3 is 2.59 bits per heavy atom. The van der Waals surface area contributed by atoms with Crippen LogP contribution in [0.25, 0.3) is 0 Å². The lowest BCUT2D eigenvalue weighted by Gasteiger charge is -2.61. The molecule has 1 saturated heterocycles. The SMILES string of the molecule is CC(=O)OCC1C(C)C[C@H]2[C@@H]3CCC4N(C)C(=O)CC[C@]4(C)[C@@H]3CC[C@]12C. The molecular formula is C23H37NO3. The van der Waals surface area contributed by atoms with Gasteiger partial charge in [0.15, 0.2) is 0 Å². The second-order valence-electron chi connectivity index (χ2n) is 10.6. The van der Waals surface area contributed by atoms with Crippen LogP contribution in [0.1, 0.15) is 72.6 Å². The molecule has 4 aliphatic rings. The molecule has 0 bridgehead atoms. The molecule has 1 aliphatic heterocycles. The fraction of sp³-hybridized carbons (Fsp3) is 0.913. The van der Waals surface area contributed by atoms with E-state index < -0.39 is 0 Å². The van der Waals surface area contributed by atoms with Crippen molar-refractivity contribution < 1.29 is 14.3 Å². The topological polar surface area (TPSA) is 46.6 Å². The Bertz CT molecular complexity index is 633. The van der Waals surface area contributed by atoms with E-state index in [2.05, 4.69) is 25.7 Å². The Morgan fingerprint density at radius 2 is 1.89 bits per heavy atom. The van der Waals surface area contributed by atoms with Crippen LogP contribution >= 0.6 is 0 Å². The van der Waals surface area contributed by atoms with E-state index in [4.69, 9.17) is 4.74 Å². The van der Waals surface area contributed by atoms with Crippen LogP contribution in [0.5, 0.6) is 0 Å². The van der Waals surface area contributed by atoms with Gasteiger partial charge in [0.05, 0.1) is 6.61 Å². The van der Waals surface area contributed by atoms with E-state index >= 15 is 0 Å². The molecule has 152 valence electrons. The Balaban J connectivity index is 1.59. The fourth-order valence-electron chi connectivity index (χ4n) is 8.18. The lowest BCUT2D eigenvalue weighted by Crippen LogP contribution is -2.61. The highest BCUT2D eigenvalue weighted by Gasteiger charge is 2.62. The predicted molar refractivity (Wildman–Crippen MR) is 105 cm³/mol. The number of rotatable bonds is 2. The van der Waals surface area contributed by atoms with E-state index in [-0.39, 0.29) is 11.4 Å². The molecule has 3 saturated carbocycles. The smallest absolute Gasteiger partial charge is 0.302 e. The fourth-order valence-corrected chi connectivity index (χ4v) is 8.18. The molecule has 4 rings (SSSR count). The molecule has 0 radical (unpaired) electrons. The summed E-state index contributed by atoms with van der Waals surface area (Å²) in [6.45, 7) is 9.45. The van der Waals surface area contributed by atoms with Crippen LogP contribution in [0.15, 0.2) is 0 Å². The van der Waals surface area contributed by atoms with E-state index in [0.717, 1.165) is 37.0 Å². The predicted octanol–water partition coefficient (Wildman–Crippen LogP) is 4.28. The number of fused-ring (bicyclic) bond motifs is 5. The minimum Gasteiger partial charge on any atom is -0.466 e. The van der Waals surface area contributed by atoms with Crippen LogP contribution in [0, 0.1) is 40.4 Å². The Kier molecular flexibility index (Phi) is 4.63. The second-order valence-corrected chi connectivity index (χ2v) is 10.6. The van der Waals surface area contributed by atoms with Gasteiger partial charge in [0.25, 0.3) is 0 Å². The molecule has 4 heteroatoms. The summed E-state index contributed by atoms with van der Waals surface area (Å²) in [5.41, 5.74) is 0.583. The molecule has 1 amide bonds. The number of carbonyl (C=O) groups excluding carboxylic acids is 2. The van der Waals surface area contributed by atoms with Crippen LogP contribution in [-0.2, 0) is 14.3 Å². The lowest BCUT2D eigenvalue weighted by molar-refractivity contribution is -0.160. The van der Waals surface area contributed by atoms with Crippen LogP contribution < -0.4 is 0 Å². The summed E-state index contributed by atoms with van der Waals surface area (Å²) in [7, 11) is 2.03. The summed E-state index contributed by atoms with van der Waals surface area (Å²) >= 11 is 0. The summed E-state index contributed by atoms with van der Waals surface area (Å²) in [5.74, 6) is 3.57. The quantitative estimate of drug-likeness (QED) is 0.677. The first-order valence-electron chi connectivity index (χ1n) is 11.1. The monoisotopic (exact) mass is 375 g/mol. The largest absolute Gasteiger partial charge is 0.466 e. The van der Waals surface area contributed by atoms with Gasteiger partial charge in [-0.1, -0.05) is 20.8 Å². The maximum atomic E-state index is 12.3. The number of hydrogen-bond acceptors (Lipinski definition) is 3. The molecule has 0 aromatic rings. The van der Waals surface area contributed by atoms with E-state index in [9.17, 15) is 9.59 Å². The number of hydrogen-bond donors (Lipinski definition) is 0. The van der Waals surface area contributed by atoms with Gasteiger partial charge in [0, 0.05) is 32.4 Å². The van der Waals surface area contributed by atoms with Crippen molar-refractivity contribution in [1.82, 2.24) is 4.90 Å². The molecule has 27 heavy (non-hydrogen) atoms. The zero-order valence-corrected chi connectivity index (χ0v) is 17.8. The second kappa shape index (κ2) is 6.49. The number of carbonyl (C=O) groups is 2. The number of amides is 1. The first kappa shape index (κ1) is 19.3. The van der Waals surface area contributed by atoms with Gasteiger partial charge >= 0.3 is 5.97 Å². The maximum absolute atomic E-state index is 12.3. The van der Waals surface area contributed by atoms with Crippen molar-refractivity contribution in [3.05, 3.63) is 0 Å². The molecule has 0 aromatic heterocycles. The molecule has 4 fully saturated rings. The average Bonchev–Trinajstić information content (AvgIpc) is 2.87. The van der Waals surface area contributed by atoms with Gasteiger partial charge in [-0.3, -0.25) is 9.59 Å². The normalized spacial score (nSPS) is 49.2. The van der Waals surface area contributed by atoms with Gasteiger partial charge < -0.3 is 9.64 Å². The highest BCUT2D eigenvalue weighted by Crippen LogP contribution is 2.67. The van der Waals surface area contributed by atoms with Gasteiger partial charge in [-0.2, -0.15) is 0 Å². The number of likely N-dealkylation sites (tertiary alicyclic amines) is 1. The summed E-state index contributed by atoms with van der Waals surface area (Å²) in [4.78, 5) is 25.8. The molecule has 3 aliphatic carbocycles. The molecule has 3 unspecified atom stereocenters. The van der Waals surface area contributed by atoms with Crippen molar-refractivity contribution in [3.63, 3.8) is 0 Å². The van der Waals surface area contributed by atoms with Crippen LogP contribution in [0.2, 0.25) is 0 Å². The van der Waals surface area contributed by atoms with E-state index in [1.165, 1.54) is 32.6 Å². The molecule has 0 aromatic carbocycles. The Labute approximate surface area is 164 Å². The van der Waals surface area contributed by atoms with Crippen molar-refractivity contribution in [2.45, 2.75) is 78.7 Å². The first-order chi connectivity index (χ1) is 12.7. The molecule has 0 N–H and O–H groups in total. The van der Waals surface area contributed by atoms with E-state index in [0.29, 0.717) is 35.8 Å². The third-order valence-corrected chi connectivity index (χ3v) is 9.62. The van der Waals surface area contributed by atoms with Crippen LogP contribution in [0.3, 0.4) is 0 Å². The third-order valence-electron chi connectivity index (χ3n) is 9.62. The molecular weight excluding hydrogens is 338 g/mol. The minimum absolute atomic E-state index is 0.147. The average molecular weight is 376 g/mol. The highest BCUT2D eigenvalue weighted by atomic mass is 16.5. The standard InChI is InChI=1S/C23H37NO3/c1-14-12-18-16-6-7-20-23(4,11-9-21(26)24(20)5)17(16)8-10-22(18,3)19(14)13-27-15(2)25/h14,16-20H,6-13H2,1-5H3/t14?,16-,17-,18+,19?,20?,22+,23-/m1/s1. The van der Waals surface area contributed by atoms with Crippen molar-refractivity contribution in [2.75, 3.05) is 13.7 Å². The van der Waals surface area contributed by atoms with Crippen molar-refractivity contribution in [1.29, 1.82) is 0 Å². The molecule has 0 spiro atoms. The summed E-state index contributed by atoms with van der Waals surface area (Å²) in [6, 6.07) is 0.431. The van der Waals surface area contributed by atoms with Crippen molar-refractivity contribution in [2.24, 2.45) is 40.4 Å². The van der Waals surface area contributed by atoms with E-state index in [1.807, 2.05) is 7.05 Å². The molecule has 4 nitrogen and oxygen atoms in total. The van der Waals surface area contributed by atoms with Gasteiger partial charge in [-0.05, 0) is 73.0 Å². The Hall–Kier alpha value is -1.06. The first-order valence-corrected chi connectivity index (χ1v) is 11.1. The van der Waals surface area contributed by atoms with Crippen LogP contribution in [0.4, 0.5) is 0 Å². The highest BCUT2D eigenvalue weighted by molar-refractivity contribution is 5.77. The number of nitrogens with zero attached hydrogens (tertiary/aromatic N) is 1. The zero-order valence-electron chi connectivity index (χ0n) is 17.8. The lowest BCUT2D eigenvalue weighted by atomic mass is 9.47. The van der Waals surface area contributed by atoms with Crippen LogP contribution in [-0.4, -0.2) is 36.5 Å². The van der Waals surface area contributed by atoms with Crippen molar-refractivity contribution >= 4 is 11.9 Å². The summed E-state index contributed by atoms with van der Waals surface area (Å²) in [6.07, 6.45) is 8.01. The molecule has 1 heterocycles. The third kappa shape index (κ3) is 2.76.